The smallest absolute Gasteiger partial charge is 0.271 e. The predicted octanol–water partition coefficient (Wildman–Crippen LogP) is 3.56. The molecule has 0 saturated heterocycles. The van der Waals surface area contributed by atoms with Gasteiger partial charge in [-0.25, -0.2) is 9.97 Å². The lowest BCUT2D eigenvalue weighted by atomic mass is 10.2. The summed E-state index contributed by atoms with van der Waals surface area (Å²) in [5.74, 6) is 0.779. The standard InChI is InChI=1S/C21H16N4O3S2/c1-12-10-29-21-23-14(7-18(26)25(12)21)9-24-11-22-16-8-17(30-19(16)20(24)27)13-3-5-15(28-2)6-4-13/h3-8,10-11H,9H2,1-2H3. The maximum absolute atomic E-state index is 13.0. The number of benzene rings is 1. The lowest BCUT2D eigenvalue weighted by Crippen LogP contribution is -2.22. The molecule has 9 heteroatoms. The SMILES string of the molecule is COc1ccc(-c2cc3ncn(Cc4cc(=O)n5c(C)csc5n4)c(=O)c3s2)cc1. The Bertz CT molecular complexity index is 1510. The zero-order chi connectivity index (χ0) is 20.8. The molecule has 0 fully saturated rings. The first-order valence-corrected chi connectivity index (χ1v) is 10.8. The summed E-state index contributed by atoms with van der Waals surface area (Å²) in [5.41, 5.74) is 2.76. The highest BCUT2D eigenvalue weighted by Crippen LogP contribution is 2.31. The Morgan fingerprint density at radius 2 is 1.93 bits per heavy atom. The van der Waals surface area contributed by atoms with Gasteiger partial charge in [0.2, 0.25) is 0 Å². The highest BCUT2D eigenvalue weighted by atomic mass is 32.1. The third-order valence-corrected chi connectivity index (χ3v) is 6.94. The summed E-state index contributed by atoms with van der Waals surface area (Å²) in [6, 6.07) is 11.1. The largest absolute Gasteiger partial charge is 0.497 e. The maximum atomic E-state index is 13.0. The Kier molecular flexibility index (Phi) is 4.48. The molecule has 0 unspecified atom stereocenters. The molecule has 150 valence electrons. The Labute approximate surface area is 178 Å². The first-order chi connectivity index (χ1) is 14.5. The summed E-state index contributed by atoms with van der Waals surface area (Å²) in [6.07, 6.45) is 1.51. The van der Waals surface area contributed by atoms with Gasteiger partial charge in [0.05, 0.1) is 31.2 Å². The van der Waals surface area contributed by atoms with Crippen LogP contribution in [0.3, 0.4) is 0 Å². The van der Waals surface area contributed by atoms with E-state index in [0.29, 0.717) is 20.9 Å². The summed E-state index contributed by atoms with van der Waals surface area (Å²) < 4.78 is 8.84. The van der Waals surface area contributed by atoms with E-state index in [0.717, 1.165) is 21.9 Å². The van der Waals surface area contributed by atoms with Crippen LogP contribution in [0.1, 0.15) is 11.4 Å². The van der Waals surface area contributed by atoms with E-state index in [2.05, 4.69) is 9.97 Å². The molecule has 4 heterocycles. The van der Waals surface area contributed by atoms with Gasteiger partial charge in [-0.05, 0) is 42.8 Å². The minimum atomic E-state index is -0.145. The molecule has 5 aromatic rings. The van der Waals surface area contributed by atoms with Crippen molar-refractivity contribution < 1.29 is 4.74 Å². The number of thiazole rings is 1. The van der Waals surface area contributed by atoms with Crippen LogP contribution in [0.4, 0.5) is 0 Å². The molecule has 0 atom stereocenters. The van der Waals surface area contributed by atoms with Gasteiger partial charge in [-0.15, -0.1) is 22.7 Å². The van der Waals surface area contributed by atoms with Gasteiger partial charge in [0.1, 0.15) is 10.4 Å². The van der Waals surface area contributed by atoms with Gasteiger partial charge in [-0.2, -0.15) is 0 Å². The van der Waals surface area contributed by atoms with Crippen molar-refractivity contribution in [2.45, 2.75) is 13.5 Å². The van der Waals surface area contributed by atoms with Crippen LogP contribution in [0.5, 0.6) is 5.75 Å². The van der Waals surface area contributed by atoms with E-state index in [-0.39, 0.29) is 17.7 Å². The van der Waals surface area contributed by atoms with Crippen LogP contribution < -0.4 is 15.9 Å². The van der Waals surface area contributed by atoms with E-state index in [1.54, 1.807) is 11.5 Å². The number of rotatable bonds is 4. The Hall–Kier alpha value is -3.30. The average Bonchev–Trinajstić information content (AvgIpc) is 3.35. The van der Waals surface area contributed by atoms with Crippen LogP contribution >= 0.6 is 22.7 Å². The van der Waals surface area contributed by atoms with Gasteiger partial charge in [0, 0.05) is 22.0 Å². The summed E-state index contributed by atoms with van der Waals surface area (Å²) in [4.78, 5) is 36.0. The molecule has 0 bridgehead atoms. The minimum Gasteiger partial charge on any atom is -0.497 e. The van der Waals surface area contributed by atoms with E-state index < -0.39 is 0 Å². The second-order valence-corrected chi connectivity index (χ2v) is 8.70. The molecule has 1 aromatic carbocycles. The summed E-state index contributed by atoms with van der Waals surface area (Å²) in [7, 11) is 1.63. The highest BCUT2D eigenvalue weighted by molar-refractivity contribution is 7.22. The van der Waals surface area contributed by atoms with Gasteiger partial charge < -0.3 is 4.74 Å². The average molecular weight is 437 g/mol. The van der Waals surface area contributed by atoms with Crippen LogP contribution in [0.15, 0.2) is 57.7 Å². The van der Waals surface area contributed by atoms with E-state index in [1.807, 2.05) is 42.6 Å². The molecule has 5 rings (SSSR count). The fourth-order valence-corrected chi connectivity index (χ4v) is 5.27. The molecule has 7 nitrogen and oxygen atoms in total. The van der Waals surface area contributed by atoms with Crippen LogP contribution in [-0.2, 0) is 6.54 Å². The van der Waals surface area contributed by atoms with Gasteiger partial charge >= 0.3 is 0 Å². The molecule has 0 spiro atoms. The van der Waals surface area contributed by atoms with Crippen molar-refractivity contribution in [3.8, 4) is 16.2 Å². The number of ether oxygens (including phenoxy) is 1. The number of aryl methyl sites for hydroxylation is 1. The zero-order valence-corrected chi connectivity index (χ0v) is 17.8. The lowest BCUT2D eigenvalue weighted by Gasteiger charge is -2.05. The summed E-state index contributed by atoms with van der Waals surface area (Å²) in [6.45, 7) is 2.06. The number of methoxy groups -OCH3 is 1. The number of thiophene rings is 1. The maximum Gasteiger partial charge on any atom is 0.271 e. The topological polar surface area (TPSA) is 78.5 Å². The Balaban J connectivity index is 1.53. The number of nitrogens with zero attached hydrogens (tertiary/aromatic N) is 4. The normalized spacial score (nSPS) is 11.4. The van der Waals surface area contributed by atoms with Gasteiger partial charge in [-0.3, -0.25) is 18.6 Å². The van der Waals surface area contributed by atoms with Crippen LogP contribution in [0.25, 0.3) is 25.6 Å². The molecular formula is C21H16N4O3S2. The Morgan fingerprint density at radius 1 is 1.13 bits per heavy atom. The quantitative estimate of drug-likeness (QED) is 0.430. The number of hydrogen-bond donors (Lipinski definition) is 0. The summed E-state index contributed by atoms with van der Waals surface area (Å²) in [5, 5.41) is 1.89. The molecule has 0 aliphatic heterocycles. The van der Waals surface area contributed by atoms with Crippen molar-refractivity contribution in [2.75, 3.05) is 7.11 Å². The number of aromatic nitrogens is 4. The number of fused-ring (bicyclic) bond motifs is 2. The second kappa shape index (κ2) is 7.19. The molecule has 0 N–H and O–H groups in total. The molecule has 4 aromatic heterocycles. The lowest BCUT2D eigenvalue weighted by molar-refractivity contribution is 0.415. The first-order valence-electron chi connectivity index (χ1n) is 9.13. The monoisotopic (exact) mass is 436 g/mol. The minimum absolute atomic E-state index is 0.144. The van der Waals surface area contributed by atoms with Crippen LogP contribution in [0.2, 0.25) is 0 Å². The second-order valence-electron chi connectivity index (χ2n) is 6.81. The van der Waals surface area contributed by atoms with Crippen molar-refractivity contribution in [2.24, 2.45) is 0 Å². The van der Waals surface area contributed by atoms with E-state index in [9.17, 15) is 9.59 Å². The molecule has 0 amide bonds. The fourth-order valence-electron chi connectivity index (χ4n) is 3.31. The highest BCUT2D eigenvalue weighted by Gasteiger charge is 2.13. The molecule has 0 aliphatic rings. The molecule has 0 aliphatic carbocycles. The summed E-state index contributed by atoms with van der Waals surface area (Å²) >= 11 is 2.81. The molecule has 0 saturated carbocycles. The van der Waals surface area contributed by atoms with Crippen molar-refractivity contribution in [1.29, 1.82) is 0 Å². The van der Waals surface area contributed by atoms with Crippen molar-refractivity contribution in [3.05, 3.63) is 80.2 Å². The van der Waals surface area contributed by atoms with E-state index in [1.165, 1.54) is 39.6 Å². The predicted molar refractivity (Wildman–Crippen MR) is 119 cm³/mol. The van der Waals surface area contributed by atoms with Crippen LogP contribution in [0, 0.1) is 6.92 Å². The Morgan fingerprint density at radius 3 is 2.70 bits per heavy atom. The first kappa shape index (κ1) is 18.7. The fraction of sp³-hybridized carbons (Fsp3) is 0.143. The van der Waals surface area contributed by atoms with Crippen LogP contribution in [-0.4, -0.2) is 26.0 Å². The van der Waals surface area contributed by atoms with Gasteiger partial charge in [0.15, 0.2) is 4.96 Å². The third-order valence-electron chi connectivity index (χ3n) is 4.84. The van der Waals surface area contributed by atoms with Crippen molar-refractivity contribution in [1.82, 2.24) is 18.9 Å². The molecular weight excluding hydrogens is 420 g/mol. The van der Waals surface area contributed by atoms with E-state index >= 15 is 0 Å². The molecule has 0 radical (unpaired) electrons. The van der Waals surface area contributed by atoms with Crippen molar-refractivity contribution in [3.63, 3.8) is 0 Å². The number of hydrogen-bond acceptors (Lipinski definition) is 7. The zero-order valence-electron chi connectivity index (χ0n) is 16.2. The molecule has 30 heavy (non-hydrogen) atoms. The van der Waals surface area contributed by atoms with Crippen molar-refractivity contribution >= 4 is 37.9 Å². The van der Waals surface area contributed by atoms with Gasteiger partial charge in [-0.1, -0.05) is 0 Å². The third kappa shape index (κ3) is 3.12. The van der Waals surface area contributed by atoms with E-state index in [4.69, 9.17) is 4.74 Å². The van der Waals surface area contributed by atoms with Gasteiger partial charge in [0.25, 0.3) is 11.1 Å².